The number of fused-ring (bicyclic) bond motifs is 1. The van der Waals surface area contributed by atoms with E-state index in [2.05, 4.69) is 47.6 Å². The van der Waals surface area contributed by atoms with Crippen molar-refractivity contribution in [1.82, 2.24) is 4.98 Å². The van der Waals surface area contributed by atoms with E-state index in [1.807, 2.05) is 36.4 Å². The number of rotatable bonds is 6. The minimum absolute atomic E-state index is 0.145. The molecule has 1 heterocycles. The minimum atomic E-state index is -0.145. The maximum Gasteiger partial charge on any atom is 0.257 e. The highest BCUT2D eigenvalue weighted by Crippen LogP contribution is 2.29. The molecule has 5 heteroatoms. The van der Waals surface area contributed by atoms with Crippen LogP contribution in [0.5, 0.6) is 5.75 Å². The fourth-order valence-electron chi connectivity index (χ4n) is 3.17. The number of carbonyl (C=O) groups is 1. The van der Waals surface area contributed by atoms with Gasteiger partial charge in [0.05, 0.1) is 17.3 Å². The number of ether oxygens (including phenoxy) is 1. The van der Waals surface area contributed by atoms with Crippen molar-refractivity contribution >= 4 is 32.6 Å². The third-order valence-electron chi connectivity index (χ3n) is 4.83. The molecule has 1 amide bonds. The van der Waals surface area contributed by atoms with Crippen LogP contribution in [0.25, 0.3) is 10.2 Å². The molecule has 4 nitrogen and oxygen atoms in total. The van der Waals surface area contributed by atoms with E-state index in [1.54, 1.807) is 7.11 Å². The van der Waals surface area contributed by atoms with Crippen molar-refractivity contribution in [3.63, 3.8) is 0 Å². The first-order valence-corrected chi connectivity index (χ1v) is 10.3. The summed E-state index contributed by atoms with van der Waals surface area (Å²) in [5.41, 5.74) is 5.20. The van der Waals surface area contributed by atoms with E-state index < -0.39 is 0 Å². The van der Waals surface area contributed by atoms with Crippen LogP contribution in [0.2, 0.25) is 0 Å². The molecule has 0 aliphatic carbocycles. The average molecular weight is 403 g/mol. The maximum absolute atomic E-state index is 12.7. The molecule has 0 fully saturated rings. The van der Waals surface area contributed by atoms with E-state index in [0.717, 1.165) is 34.4 Å². The summed E-state index contributed by atoms with van der Waals surface area (Å²) in [7, 11) is 1.64. The predicted molar refractivity (Wildman–Crippen MR) is 119 cm³/mol. The second kappa shape index (κ2) is 8.45. The number of amides is 1. The zero-order valence-electron chi connectivity index (χ0n) is 16.4. The maximum atomic E-state index is 12.7. The van der Waals surface area contributed by atoms with Crippen LogP contribution >= 0.6 is 11.3 Å². The Hall–Kier alpha value is -3.18. The Labute approximate surface area is 174 Å². The van der Waals surface area contributed by atoms with Gasteiger partial charge in [0.1, 0.15) is 5.75 Å². The second-order valence-electron chi connectivity index (χ2n) is 6.99. The number of benzene rings is 3. The number of methoxy groups -OCH3 is 1. The number of nitrogens with zero attached hydrogens (tertiary/aromatic N) is 1. The number of aryl methyl sites for hydroxylation is 3. The van der Waals surface area contributed by atoms with E-state index in [4.69, 9.17) is 4.74 Å². The number of anilines is 1. The van der Waals surface area contributed by atoms with E-state index in [-0.39, 0.29) is 5.91 Å². The molecule has 0 saturated carbocycles. The topological polar surface area (TPSA) is 51.2 Å². The van der Waals surface area contributed by atoms with Crippen molar-refractivity contribution in [3.05, 3.63) is 89.0 Å². The number of hydrogen-bond acceptors (Lipinski definition) is 4. The van der Waals surface area contributed by atoms with E-state index in [9.17, 15) is 4.79 Å². The Bertz CT molecular complexity index is 1150. The Morgan fingerprint density at radius 2 is 1.79 bits per heavy atom. The highest BCUT2D eigenvalue weighted by atomic mass is 32.1. The molecule has 0 spiro atoms. The lowest BCUT2D eigenvalue weighted by Gasteiger charge is -2.06. The molecule has 4 aromatic rings. The van der Waals surface area contributed by atoms with Gasteiger partial charge in [-0.1, -0.05) is 53.3 Å². The zero-order valence-corrected chi connectivity index (χ0v) is 17.3. The van der Waals surface area contributed by atoms with Crippen LogP contribution in [0, 0.1) is 6.92 Å². The van der Waals surface area contributed by atoms with Gasteiger partial charge in [0.2, 0.25) is 0 Å². The summed E-state index contributed by atoms with van der Waals surface area (Å²) < 4.78 is 6.23. The summed E-state index contributed by atoms with van der Waals surface area (Å²) in [6.45, 7) is 2.09. The van der Waals surface area contributed by atoms with Gasteiger partial charge in [-0.15, -0.1) is 0 Å². The summed E-state index contributed by atoms with van der Waals surface area (Å²) in [6.07, 6.45) is 1.84. The molecule has 0 bridgehead atoms. The van der Waals surface area contributed by atoms with Crippen LogP contribution in [0.15, 0.2) is 66.7 Å². The summed E-state index contributed by atoms with van der Waals surface area (Å²) in [6, 6.07) is 22.1. The molecule has 0 unspecified atom stereocenters. The van der Waals surface area contributed by atoms with Crippen LogP contribution in [-0.2, 0) is 12.8 Å². The van der Waals surface area contributed by atoms with Gasteiger partial charge in [-0.25, -0.2) is 4.98 Å². The fraction of sp³-hybridized carbons (Fsp3) is 0.167. The van der Waals surface area contributed by atoms with Gasteiger partial charge in [0.15, 0.2) is 5.13 Å². The van der Waals surface area contributed by atoms with Gasteiger partial charge in [-0.05, 0) is 61.2 Å². The summed E-state index contributed by atoms with van der Waals surface area (Å²) in [5, 5.41) is 3.51. The quantitative estimate of drug-likeness (QED) is 0.453. The molecule has 146 valence electrons. The second-order valence-corrected chi connectivity index (χ2v) is 8.02. The summed E-state index contributed by atoms with van der Waals surface area (Å²) in [5.74, 6) is 0.633. The summed E-state index contributed by atoms with van der Waals surface area (Å²) in [4.78, 5) is 17.2. The number of thiazole rings is 1. The van der Waals surface area contributed by atoms with Crippen molar-refractivity contribution < 1.29 is 9.53 Å². The van der Waals surface area contributed by atoms with Crippen molar-refractivity contribution in [2.24, 2.45) is 0 Å². The van der Waals surface area contributed by atoms with Gasteiger partial charge >= 0.3 is 0 Å². The molecular weight excluding hydrogens is 380 g/mol. The molecular formula is C24H22N2O2S. The van der Waals surface area contributed by atoms with Crippen LogP contribution in [-0.4, -0.2) is 18.0 Å². The molecule has 29 heavy (non-hydrogen) atoms. The van der Waals surface area contributed by atoms with Gasteiger partial charge in [0, 0.05) is 5.56 Å². The van der Waals surface area contributed by atoms with Gasteiger partial charge in [-0.3, -0.25) is 10.1 Å². The molecule has 0 saturated heterocycles. The van der Waals surface area contributed by atoms with Gasteiger partial charge in [0.25, 0.3) is 5.91 Å². The summed E-state index contributed by atoms with van der Waals surface area (Å²) >= 11 is 1.44. The third-order valence-corrected chi connectivity index (χ3v) is 5.76. The number of hydrogen-bond donors (Lipinski definition) is 1. The Kier molecular flexibility index (Phi) is 5.58. The lowest BCUT2D eigenvalue weighted by Crippen LogP contribution is -2.12. The van der Waals surface area contributed by atoms with Crippen molar-refractivity contribution in [2.45, 2.75) is 19.8 Å². The SMILES string of the molecule is COc1ccc2nc(NC(=O)c3cccc(CCc4ccc(C)cc4)c3)sc2c1. The minimum Gasteiger partial charge on any atom is -0.497 e. The number of aromatic nitrogens is 1. The molecule has 4 rings (SSSR count). The Morgan fingerprint density at radius 1 is 1.00 bits per heavy atom. The first kappa shape index (κ1) is 19.2. The van der Waals surface area contributed by atoms with Gasteiger partial charge < -0.3 is 4.74 Å². The Balaban J connectivity index is 1.44. The number of nitrogens with one attached hydrogen (secondary N) is 1. The molecule has 1 aromatic heterocycles. The van der Waals surface area contributed by atoms with E-state index in [1.165, 1.54) is 22.5 Å². The standard InChI is InChI=1S/C24H22N2O2S/c1-16-6-8-17(9-7-16)10-11-18-4-3-5-19(14-18)23(27)26-24-25-21-13-12-20(28-2)15-22(21)29-24/h3-9,12-15H,10-11H2,1-2H3,(H,25,26,27). The van der Waals surface area contributed by atoms with E-state index >= 15 is 0 Å². The number of carbonyl (C=O) groups excluding carboxylic acids is 1. The fourth-order valence-corrected chi connectivity index (χ4v) is 4.06. The van der Waals surface area contributed by atoms with Crippen LogP contribution in [0.1, 0.15) is 27.0 Å². The van der Waals surface area contributed by atoms with Crippen molar-refractivity contribution in [1.29, 1.82) is 0 Å². The van der Waals surface area contributed by atoms with Crippen LogP contribution in [0.4, 0.5) is 5.13 Å². The highest BCUT2D eigenvalue weighted by molar-refractivity contribution is 7.22. The first-order valence-electron chi connectivity index (χ1n) is 9.51. The van der Waals surface area contributed by atoms with Crippen LogP contribution < -0.4 is 10.1 Å². The molecule has 0 aliphatic heterocycles. The predicted octanol–water partition coefficient (Wildman–Crippen LogP) is 5.65. The Morgan fingerprint density at radius 3 is 2.59 bits per heavy atom. The molecule has 1 N–H and O–H groups in total. The molecule has 3 aromatic carbocycles. The highest BCUT2D eigenvalue weighted by Gasteiger charge is 2.11. The van der Waals surface area contributed by atoms with Crippen LogP contribution in [0.3, 0.4) is 0 Å². The van der Waals surface area contributed by atoms with Crippen molar-refractivity contribution in [3.8, 4) is 5.75 Å². The zero-order chi connectivity index (χ0) is 20.2. The first-order chi connectivity index (χ1) is 14.1. The molecule has 0 atom stereocenters. The lowest BCUT2D eigenvalue weighted by molar-refractivity contribution is 0.102. The lowest BCUT2D eigenvalue weighted by atomic mass is 10.0. The van der Waals surface area contributed by atoms with E-state index in [0.29, 0.717) is 10.7 Å². The molecule has 0 aliphatic rings. The van der Waals surface area contributed by atoms with Gasteiger partial charge in [-0.2, -0.15) is 0 Å². The normalized spacial score (nSPS) is 10.8. The largest absolute Gasteiger partial charge is 0.497 e. The van der Waals surface area contributed by atoms with Crippen molar-refractivity contribution in [2.75, 3.05) is 12.4 Å². The third kappa shape index (κ3) is 4.63. The average Bonchev–Trinajstić information content (AvgIpc) is 3.14. The molecule has 0 radical (unpaired) electrons. The monoisotopic (exact) mass is 402 g/mol. The smallest absolute Gasteiger partial charge is 0.257 e.